The van der Waals surface area contributed by atoms with Crippen LogP contribution in [0.3, 0.4) is 0 Å². The number of hydrogen-bond donors (Lipinski definition) is 0. The molecule has 0 N–H and O–H groups in total. The van der Waals surface area contributed by atoms with Gasteiger partial charge in [-0.3, -0.25) is 4.79 Å². The van der Waals surface area contributed by atoms with Crippen LogP contribution < -0.4 is 0 Å². The van der Waals surface area contributed by atoms with Crippen LogP contribution in [0.15, 0.2) is 29.0 Å². The summed E-state index contributed by atoms with van der Waals surface area (Å²) in [6.07, 6.45) is 4.65. The molecule has 0 aromatic carbocycles. The first-order valence-electron chi connectivity index (χ1n) is 4.69. The molecule has 0 radical (unpaired) electrons. The van der Waals surface area contributed by atoms with Crippen molar-refractivity contribution in [2.45, 2.75) is 6.23 Å². The fraction of sp³-hybridized carbons (Fsp3) is 0.300. The second-order valence-corrected chi connectivity index (χ2v) is 3.40. The number of carbonyl (C=O) groups is 2. The van der Waals surface area contributed by atoms with E-state index in [1.807, 2.05) is 0 Å². The van der Waals surface area contributed by atoms with Gasteiger partial charge in [-0.2, -0.15) is 0 Å². The van der Waals surface area contributed by atoms with Gasteiger partial charge in [-0.25, -0.2) is 14.7 Å². The quantitative estimate of drug-likeness (QED) is 0.631. The van der Waals surface area contributed by atoms with Crippen molar-refractivity contribution in [3.63, 3.8) is 0 Å². The second kappa shape index (κ2) is 3.90. The third-order valence-corrected chi connectivity index (χ3v) is 2.43. The Morgan fingerprint density at radius 1 is 1.56 bits per heavy atom. The van der Waals surface area contributed by atoms with Gasteiger partial charge in [-0.05, 0) is 6.08 Å². The zero-order valence-corrected chi connectivity index (χ0v) is 8.95. The van der Waals surface area contributed by atoms with Gasteiger partial charge >= 0.3 is 6.03 Å². The minimum Gasteiger partial charge on any atom is -0.356 e. The zero-order valence-electron chi connectivity index (χ0n) is 8.95. The predicted octanol–water partition coefficient (Wildman–Crippen LogP) is 0.335. The van der Waals surface area contributed by atoms with Gasteiger partial charge in [0.1, 0.15) is 5.84 Å². The molecular weight excluding hydrogens is 210 g/mol. The lowest BCUT2D eigenvalue weighted by Gasteiger charge is -2.36. The van der Waals surface area contributed by atoms with Crippen LogP contribution in [0, 0.1) is 0 Å². The summed E-state index contributed by atoms with van der Waals surface area (Å²) in [6, 6.07) is -0.277. The zero-order chi connectivity index (χ0) is 11.7. The fourth-order valence-corrected chi connectivity index (χ4v) is 1.60. The molecule has 0 aromatic rings. The number of amides is 2. The Labute approximate surface area is 92.5 Å². The van der Waals surface area contributed by atoms with E-state index in [2.05, 4.69) is 4.99 Å². The first kappa shape index (κ1) is 10.6. The summed E-state index contributed by atoms with van der Waals surface area (Å²) in [4.78, 5) is 29.5. The number of rotatable bonds is 2. The van der Waals surface area contributed by atoms with Crippen LogP contribution in [-0.2, 0) is 9.53 Å². The molecular formula is C10H11N3O3. The van der Waals surface area contributed by atoms with Crippen molar-refractivity contribution >= 4 is 18.2 Å². The highest BCUT2D eigenvalue weighted by atomic mass is 16.5. The van der Waals surface area contributed by atoms with E-state index in [0.717, 1.165) is 0 Å². The number of aliphatic imine (C=N–C) groups is 1. The molecule has 0 bridgehead atoms. The predicted molar refractivity (Wildman–Crippen MR) is 56.5 cm³/mol. The van der Waals surface area contributed by atoms with Crippen molar-refractivity contribution < 1.29 is 14.3 Å². The lowest BCUT2D eigenvalue weighted by atomic mass is 10.2. The number of fused-ring (bicyclic) bond motifs is 1. The third kappa shape index (κ3) is 1.43. The molecule has 0 fully saturated rings. The number of ether oxygens (including phenoxy) is 1. The number of methoxy groups -OCH3 is 1. The van der Waals surface area contributed by atoms with Gasteiger partial charge in [0.25, 0.3) is 0 Å². The molecule has 2 heterocycles. The second-order valence-electron chi connectivity index (χ2n) is 3.40. The summed E-state index contributed by atoms with van der Waals surface area (Å²) in [5.41, 5.74) is 0.322. The van der Waals surface area contributed by atoms with Crippen molar-refractivity contribution in [3.8, 4) is 0 Å². The number of aldehydes is 1. The number of hydrogen-bond acceptors (Lipinski definition) is 4. The molecule has 2 aliphatic heterocycles. The fourth-order valence-electron chi connectivity index (χ4n) is 1.60. The third-order valence-electron chi connectivity index (χ3n) is 2.43. The molecule has 0 aliphatic carbocycles. The van der Waals surface area contributed by atoms with Crippen LogP contribution in [-0.4, -0.2) is 48.3 Å². The molecule has 0 spiro atoms. The minimum absolute atomic E-state index is 0.277. The molecule has 2 aliphatic rings. The van der Waals surface area contributed by atoms with Crippen molar-refractivity contribution in [3.05, 3.63) is 24.0 Å². The molecule has 0 saturated heterocycles. The van der Waals surface area contributed by atoms with Crippen LogP contribution in [0.1, 0.15) is 0 Å². The molecule has 1 atom stereocenters. The minimum atomic E-state index is -0.704. The van der Waals surface area contributed by atoms with E-state index < -0.39 is 6.23 Å². The Bertz CT molecular complexity index is 425. The maximum atomic E-state index is 11.9. The van der Waals surface area contributed by atoms with Gasteiger partial charge in [0.2, 0.25) is 0 Å². The van der Waals surface area contributed by atoms with Crippen molar-refractivity contribution in [2.24, 2.45) is 4.99 Å². The van der Waals surface area contributed by atoms with E-state index in [9.17, 15) is 9.59 Å². The average Bonchev–Trinajstić information content (AvgIpc) is 2.32. The van der Waals surface area contributed by atoms with Gasteiger partial charge in [0.15, 0.2) is 12.5 Å². The largest absolute Gasteiger partial charge is 0.356 e. The van der Waals surface area contributed by atoms with E-state index in [4.69, 9.17) is 4.74 Å². The smallest absolute Gasteiger partial charge is 0.331 e. The van der Waals surface area contributed by atoms with Crippen LogP contribution in [0.25, 0.3) is 0 Å². The van der Waals surface area contributed by atoms with Crippen LogP contribution in [0.4, 0.5) is 4.79 Å². The van der Waals surface area contributed by atoms with E-state index in [1.54, 1.807) is 19.3 Å². The molecule has 2 amide bonds. The Morgan fingerprint density at radius 2 is 2.31 bits per heavy atom. The average molecular weight is 221 g/mol. The first-order chi connectivity index (χ1) is 7.69. The summed E-state index contributed by atoms with van der Waals surface area (Å²) in [5.74, 6) is 0.473. The molecule has 6 heteroatoms. The van der Waals surface area contributed by atoms with E-state index >= 15 is 0 Å². The highest BCUT2D eigenvalue weighted by Crippen LogP contribution is 2.21. The summed E-state index contributed by atoms with van der Waals surface area (Å²) >= 11 is 0. The molecule has 1 unspecified atom stereocenters. The van der Waals surface area contributed by atoms with Crippen LogP contribution >= 0.6 is 0 Å². The van der Waals surface area contributed by atoms with E-state index in [1.165, 1.54) is 23.1 Å². The van der Waals surface area contributed by atoms with Gasteiger partial charge in [0.05, 0.1) is 5.57 Å². The molecule has 0 saturated carbocycles. The highest BCUT2D eigenvalue weighted by Gasteiger charge is 2.35. The van der Waals surface area contributed by atoms with Gasteiger partial charge in [0, 0.05) is 26.6 Å². The van der Waals surface area contributed by atoms with Crippen molar-refractivity contribution in [1.29, 1.82) is 0 Å². The first-order valence-corrected chi connectivity index (χ1v) is 4.69. The Hall–Kier alpha value is -1.95. The Morgan fingerprint density at radius 3 is 2.94 bits per heavy atom. The maximum absolute atomic E-state index is 11.9. The molecule has 84 valence electrons. The molecule has 16 heavy (non-hydrogen) atoms. The van der Waals surface area contributed by atoms with Gasteiger partial charge in [-0.1, -0.05) is 0 Å². The molecule has 6 nitrogen and oxygen atoms in total. The normalized spacial score (nSPS) is 23.9. The van der Waals surface area contributed by atoms with Gasteiger partial charge in [-0.15, -0.1) is 0 Å². The lowest BCUT2D eigenvalue weighted by Crippen LogP contribution is -2.53. The van der Waals surface area contributed by atoms with Crippen LogP contribution in [0.5, 0.6) is 0 Å². The monoisotopic (exact) mass is 221 g/mol. The number of amidine groups is 1. The number of urea groups is 1. The van der Waals surface area contributed by atoms with Crippen molar-refractivity contribution in [1.82, 2.24) is 9.80 Å². The molecule has 0 aromatic heterocycles. The number of carbonyl (C=O) groups excluding carboxylic acids is 2. The summed E-state index contributed by atoms with van der Waals surface area (Å²) in [6.45, 7) is 0. The Balaban J connectivity index is 2.45. The topological polar surface area (TPSA) is 62.2 Å². The lowest BCUT2D eigenvalue weighted by molar-refractivity contribution is -0.106. The van der Waals surface area contributed by atoms with E-state index in [0.29, 0.717) is 17.7 Å². The summed E-state index contributed by atoms with van der Waals surface area (Å²) < 4.78 is 5.15. The molecule has 2 rings (SSSR count). The maximum Gasteiger partial charge on any atom is 0.331 e. The standard InChI is InChI=1S/C10H11N3O3/c1-12-4-3-8-11-5-7(6-14)9(16-2)13(8)10(12)15/h3-6,9H,1-2H3. The Kier molecular flexibility index (Phi) is 2.57. The van der Waals surface area contributed by atoms with Crippen LogP contribution in [0.2, 0.25) is 0 Å². The van der Waals surface area contributed by atoms with E-state index in [-0.39, 0.29) is 6.03 Å². The summed E-state index contributed by atoms with van der Waals surface area (Å²) in [7, 11) is 3.07. The number of nitrogens with zero attached hydrogens (tertiary/aromatic N) is 3. The van der Waals surface area contributed by atoms with Crippen molar-refractivity contribution in [2.75, 3.05) is 14.2 Å². The SMILES string of the molecule is COC1C(C=O)=CN=C2C=CN(C)C(=O)N21. The van der Waals surface area contributed by atoms with Gasteiger partial charge < -0.3 is 9.64 Å². The summed E-state index contributed by atoms with van der Waals surface area (Å²) in [5, 5.41) is 0. The highest BCUT2D eigenvalue weighted by molar-refractivity contribution is 6.08.